The normalized spacial score (nSPS) is 29.8. The van der Waals surface area contributed by atoms with Crippen molar-refractivity contribution >= 4 is 12.4 Å². The maximum Gasteiger partial charge on any atom is 0.0418 e. The molecule has 0 fully saturated rings. The third-order valence-electron chi connectivity index (χ3n) is 2.46. The molecule has 0 aromatic rings. The van der Waals surface area contributed by atoms with Gasteiger partial charge in [0.25, 0.3) is 0 Å². The second-order valence-corrected chi connectivity index (χ2v) is 3.82. The summed E-state index contributed by atoms with van der Waals surface area (Å²) in [5, 5.41) is 0. The molecule has 13 heavy (non-hydrogen) atoms. The lowest BCUT2D eigenvalue weighted by Crippen LogP contribution is -2.06. The fraction of sp³-hybridized carbons (Fsp3) is 0.636. The number of hydrogen-bond donors (Lipinski definition) is 0. The van der Waals surface area contributed by atoms with Gasteiger partial charge in [0, 0.05) is 25.2 Å². The molecule has 0 aliphatic carbocycles. The smallest absolute Gasteiger partial charge is 0.0418 e. The predicted octanol–water partition coefficient (Wildman–Crippen LogP) is 2.71. The van der Waals surface area contributed by atoms with Crippen LogP contribution in [0.15, 0.2) is 21.3 Å². The lowest BCUT2D eigenvalue weighted by molar-refractivity contribution is 0.566. The zero-order valence-electron chi connectivity index (χ0n) is 8.91. The quantitative estimate of drug-likeness (QED) is 0.551. The third-order valence-corrected chi connectivity index (χ3v) is 2.46. The van der Waals surface area contributed by atoms with Crippen LogP contribution in [0.3, 0.4) is 0 Å². The van der Waals surface area contributed by atoms with Crippen molar-refractivity contribution in [1.29, 1.82) is 0 Å². The van der Waals surface area contributed by atoms with Crippen molar-refractivity contribution in [3.63, 3.8) is 0 Å². The van der Waals surface area contributed by atoms with Crippen molar-refractivity contribution in [1.82, 2.24) is 0 Å². The molecule has 0 saturated carbocycles. The molecule has 1 heterocycles. The van der Waals surface area contributed by atoms with E-state index in [1.165, 1.54) is 12.0 Å². The molecule has 2 nitrogen and oxygen atoms in total. The molecule has 0 aromatic carbocycles. The molecule has 0 aromatic heterocycles. The fourth-order valence-electron chi connectivity index (χ4n) is 1.78. The minimum atomic E-state index is 0.571. The molecule has 72 valence electrons. The van der Waals surface area contributed by atoms with Crippen LogP contribution >= 0.6 is 0 Å². The lowest BCUT2D eigenvalue weighted by atomic mass is 9.92. The average Bonchev–Trinajstić information content (AvgIpc) is 2.19. The summed E-state index contributed by atoms with van der Waals surface area (Å²) in [4.78, 5) is 8.49. The zero-order valence-corrected chi connectivity index (χ0v) is 8.91. The van der Waals surface area contributed by atoms with E-state index in [1.54, 1.807) is 0 Å². The van der Waals surface area contributed by atoms with Gasteiger partial charge in [-0.2, -0.15) is 0 Å². The van der Waals surface area contributed by atoms with E-state index in [2.05, 4.69) is 30.8 Å². The summed E-state index contributed by atoms with van der Waals surface area (Å²) in [5.41, 5.74) is 2.39. The summed E-state index contributed by atoms with van der Waals surface area (Å²) in [6.07, 6.45) is 5.15. The molecule has 1 aliphatic heterocycles. The molecule has 2 heteroatoms. The van der Waals surface area contributed by atoms with Crippen LogP contribution in [0.25, 0.3) is 0 Å². The van der Waals surface area contributed by atoms with Gasteiger partial charge in [-0.15, -0.1) is 0 Å². The standard InChI is InChI=1S/C11H18N2/c1-8-5-9(2)11(7-12-4)10(3)13-6-8/h6-9H,5H2,1-4H3. The Balaban J connectivity index is 2.95. The van der Waals surface area contributed by atoms with E-state index in [-0.39, 0.29) is 0 Å². The number of hydrogen-bond acceptors (Lipinski definition) is 2. The van der Waals surface area contributed by atoms with Gasteiger partial charge >= 0.3 is 0 Å². The van der Waals surface area contributed by atoms with Crippen LogP contribution in [0, 0.1) is 11.8 Å². The molecule has 2 atom stereocenters. The van der Waals surface area contributed by atoms with Gasteiger partial charge in [0.15, 0.2) is 0 Å². The predicted molar refractivity (Wildman–Crippen MR) is 58.6 cm³/mol. The van der Waals surface area contributed by atoms with E-state index in [9.17, 15) is 0 Å². The Kier molecular flexibility index (Phi) is 3.40. The van der Waals surface area contributed by atoms with Gasteiger partial charge in [0.1, 0.15) is 0 Å². The Morgan fingerprint density at radius 1 is 1.54 bits per heavy atom. The van der Waals surface area contributed by atoms with Crippen molar-refractivity contribution in [2.75, 3.05) is 7.05 Å². The highest BCUT2D eigenvalue weighted by Crippen LogP contribution is 2.24. The number of rotatable bonds is 1. The number of allylic oxidation sites excluding steroid dienone is 2. The lowest BCUT2D eigenvalue weighted by Gasteiger charge is -2.12. The Bertz CT molecular complexity index is 261. The monoisotopic (exact) mass is 178 g/mol. The summed E-state index contributed by atoms with van der Waals surface area (Å²) in [6, 6.07) is 0. The summed E-state index contributed by atoms with van der Waals surface area (Å²) < 4.78 is 0. The van der Waals surface area contributed by atoms with Crippen LogP contribution in [-0.2, 0) is 0 Å². The highest BCUT2D eigenvalue weighted by molar-refractivity contribution is 5.81. The topological polar surface area (TPSA) is 24.7 Å². The molecule has 2 unspecified atom stereocenters. The van der Waals surface area contributed by atoms with Crippen LogP contribution in [0.4, 0.5) is 0 Å². The van der Waals surface area contributed by atoms with Crippen LogP contribution < -0.4 is 0 Å². The van der Waals surface area contributed by atoms with Crippen LogP contribution in [-0.4, -0.2) is 19.5 Å². The van der Waals surface area contributed by atoms with Crippen molar-refractivity contribution in [2.24, 2.45) is 21.8 Å². The second kappa shape index (κ2) is 4.35. The maximum absolute atomic E-state index is 4.42. The second-order valence-electron chi connectivity index (χ2n) is 3.82. The highest BCUT2D eigenvalue weighted by Gasteiger charge is 2.15. The molecule has 0 bridgehead atoms. The van der Waals surface area contributed by atoms with Gasteiger partial charge in [-0.05, 0) is 30.8 Å². The van der Waals surface area contributed by atoms with Crippen LogP contribution in [0.5, 0.6) is 0 Å². The minimum absolute atomic E-state index is 0.571. The van der Waals surface area contributed by atoms with Gasteiger partial charge in [0.05, 0.1) is 0 Å². The summed E-state index contributed by atoms with van der Waals surface area (Å²) in [7, 11) is 1.81. The van der Waals surface area contributed by atoms with E-state index < -0.39 is 0 Å². The first-order valence-electron chi connectivity index (χ1n) is 4.82. The first-order valence-corrected chi connectivity index (χ1v) is 4.82. The molecule has 0 amide bonds. The fourth-order valence-corrected chi connectivity index (χ4v) is 1.78. The number of aliphatic imine (C=N–C) groups is 2. The highest BCUT2D eigenvalue weighted by atomic mass is 14.7. The van der Waals surface area contributed by atoms with Gasteiger partial charge in [-0.3, -0.25) is 9.98 Å². The third kappa shape index (κ3) is 2.51. The van der Waals surface area contributed by atoms with Gasteiger partial charge in [-0.25, -0.2) is 0 Å². The van der Waals surface area contributed by atoms with Gasteiger partial charge < -0.3 is 0 Å². The molecule has 0 saturated heterocycles. The van der Waals surface area contributed by atoms with Crippen LogP contribution in [0.1, 0.15) is 27.2 Å². The first-order chi connectivity index (χ1) is 6.15. The van der Waals surface area contributed by atoms with Crippen molar-refractivity contribution in [3.8, 4) is 0 Å². The molecular formula is C11H18N2. The summed E-state index contributed by atoms with van der Waals surface area (Å²) >= 11 is 0. The van der Waals surface area contributed by atoms with E-state index >= 15 is 0 Å². The Labute approximate surface area is 80.5 Å². The average molecular weight is 178 g/mol. The largest absolute Gasteiger partial charge is 0.296 e. The van der Waals surface area contributed by atoms with Crippen molar-refractivity contribution < 1.29 is 0 Å². The maximum atomic E-state index is 4.42. The molecule has 1 aliphatic rings. The Morgan fingerprint density at radius 2 is 2.23 bits per heavy atom. The molecule has 0 radical (unpaired) electrons. The van der Waals surface area contributed by atoms with E-state index in [1.807, 2.05) is 19.5 Å². The van der Waals surface area contributed by atoms with Crippen LogP contribution in [0.2, 0.25) is 0 Å². The molecule has 0 spiro atoms. The number of nitrogens with zero attached hydrogens (tertiary/aromatic N) is 2. The first kappa shape index (κ1) is 10.2. The molecule has 0 N–H and O–H groups in total. The Morgan fingerprint density at radius 3 is 2.85 bits per heavy atom. The Hall–Kier alpha value is -0.920. The summed E-state index contributed by atoms with van der Waals surface area (Å²) in [5.74, 6) is 1.15. The van der Waals surface area contributed by atoms with E-state index in [4.69, 9.17) is 0 Å². The SMILES string of the molecule is CN=CC1=C(C)N=CC(C)CC1C. The zero-order chi connectivity index (χ0) is 9.84. The van der Waals surface area contributed by atoms with E-state index in [0.717, 1.165) is 5.70 Å². The van der Waals surface area contributed by atoms with Crippen molar-refractivity contribution in [2.45, 2.75) is 27.2 Å². The van der Waals surface area contributed by atoms with Crippen molar-refractivity contribution in [3.05, 3.63) is 11.3 Å². The minimum Gasteiger partial charge on any atom is -0.296 e. The van der Waals surface area contributed by atoms with E-state index in [0.29, 0.717) is 11.8 Å². The molecule has 1 rings (SSSR count). The summed E-state index contributed by atoms with van der Waals surface area (Å²) in [6.45, 7) is 6.51. The van der Waals surface area contributed by atoms with Gasteiger partial charge in [-0.1, -0.05) is 13.8 Å². The molecular weight excluding hydrogens is 160 g/mol. The van der Waals surface area contributed by atoms with Gasteiger partial charge in [0.2, 0.25) is 0 Å².